The Hall–Kier alpha value is -2.14. The van der Waals surface area contributed by atoms with Gasteiger partial charge in [-0.15, -0.1) is 0 Å². The Bertz CT molecular complexity index is 930. The zero-order valence-electron chi connectivity index (χ0n) is 21.2. The number of benzene rings is 2. The molecular formula is C30H40F2O3. The summed E-state index contributed by atoms with van der Waals surface area (Å²) in [5, 5.41) is 0. The summed E-state index contributed by atoms with van der Waals surface area (Å²) in [6.07, 6.45) is 12.1. The molecule has 0 aliphatic heterocycles. The van der Waals surface area contributed by atoms with Crippen molar-refractivity contribution in [3.63, 3.8) is 0 Å². The first kappa shape index (κ1) is 25.9. The third-order valence-corrected chi connectivity index (χ3v) is 7.84. The van der Waals surface area contributed by atoms with E-state index in [1.807, 2.05) is 12.1 Å². The van der Waals surface area contributed by atoms with Crippen LogP contribution in [0.5, 0.6) is 11.5 Å². The molecule has 4 rings (SSSR count). The molecule has 4 unspecified atom stereocenters. The lowest BCUT2D eigenvalue weighted by Crippen LogP contribution is -2.34. The van der Waals surface area contributed by atoms with Crippen molar-refractivity contribution in [2.75, 3.05) is 13.2 Å². The van der Waals surface area contributed by atoms with Gasteiger partial charge in [0.05, 0.1) is 19.3 Å². The molecule has 2 aromatic carbocycles. The Morgan fingerprint density at radius 1 is 0.771 bits per heavy atom. The quantitative estimate of drug-likeness (QED) is 0.323. The van der Waals surface area contributed by atoms with E-state index in [9.17, 15) is 8.78 Å². The molecule has 2 aliphatic carbocycles. The second-order valence-corrected chi connectivity index (χ2v) is 10.3. The van der Waals surface area contributed by atoms with Gasteiger partial charge >= 0.3 is 0 Å². The number of hydrogen-bond acceptors (Lipinski definition) is 3. The molecule has 0 heterocycles. The van der Waals surface area contributed by atoms with Crippen molar-refractivity contribution in [2.45, 2.75) is 84.3 Å². The minimum atomic E-state index is -1.02. The maximum Gasteiger partial charge on any atom is 0.204 e. The molecule has 2 aliphatic rings. The summed E-state index contributed by atoms with van der Waals surface area (Å²) >= 11 is 0. The Morgan fingerprint density at radius 2 is 1.43 bits per heavy atom. The molecule has 2 fully saturated rings. The maximum absolute atomic E-state index is 14.2. The van der Waals surface area contributed by atoms with Crippen LogP contribution >= 0.6 is 0 Å². The van der Waals surface area contributed by atoms with Gasteiger partial charge in [-0.3, -0.25) is 0 Å². The third kappa shape index (κ3) is 6.97. The highest BCUT2D eigenvalue weighted by molar-refractivity contribution is 5.35. The van der Waals surface area contributed by atoms with Crippen LogP contribution in [0.1, 0.15) is 76.3 Å². The molecule has 0 bridgehead atoms. The Morgan fingerprint density at radius 3 is 2.14 bits per heavy atom. The zero-order chi connectivity index (χ0) is 24.6. The third-order valence-electron chi connectivity index (χ3n) is 7.84. The van der Waals surface area contributed by atoms with Gasteiger partial charge in [0, 0.05) is 0 Å². The molecule has 192 valence electrons. The van der Waals surface area contributed by atoms with Gasteiger partial charge in [-0.2, -0.15) is 8.78 Å². The zero-order valence-corrected chi connectivity index (χ0v) is 21.2. The molecule has 5 heteroatoms. The van der Waals surface area contributed by atoms with Crippen LogP contribution in [0, 0.1) is 29.4 Å². The van der Waals surface area contributed by atoms with E-state index in [0.717, 1.165) is 36.3 Å². The van der Waals surface area contributed by atoms with E-state index in [-0.39, 0.29) is 24.7 Å². The molecule has 3 nitrogen and oxygen atoms in total. The molecule has 4 atom stereocenters. The molecule has 0 amide bonds. The van der Waals surface area contributed by atoms with Crippen molar-refractivity contribution < 1.29 is 23.0 Å². The summed E-state index contributed by atoms with van der Waals surface area (Å²) < 4.78 is 45.1. The largest absolute Gasteiger partial charge is 0.491 e. The average Bonchev–Trinajstić information content (AvgIpc) is 2.87. The number of ether oxygens (including phenoxy) is 3. The normalized spacial score (nSPS) is 24.1. The van der Waals surface area contributed by atoms with Crippen LogP contribution in [0.2, 0.25) is 0 Å². The van der Waals surface area contributed by atoms with Crippen molar-refractivity contribution in [1.82, 2.24) is 0 Å². The fourth-order valence-corrected chi connectivity index (χ4v) is 5.96. The van der Waals surface area contributed by atoms with Gasteiger partial charge in [0.2, 0.25) is 11.6 Å². The fraction of sp³-hybridized carbons (Fsp3) is 0.600. The number of fused-ring (bicyclic) bond motifs is 1. The molecular weight excluding hydrogens is 446 g/mol. The predicted molar refractivity (Wildman–Crippen MR) is 135 cm³/mol. The number of rotatable bonds is 11. The summed E-state index contributed by atoms with van der Waals surface area (Å²) in [4.78, 5) is 0. The highest BCUT2D eigenvalue weighted by Gasteiger charge is 2.35. The fourth-order valence-electron chi connectivity index (χ4n) is 5.96. The van der Waals surface area contributed by atoms with Crippen LogP contribution in [-0.2, 0) is 17.8 Å². The van der Waals surface area contributed by atoms with Gasteiger partial charge < -0.3 is 14.2 Å². The standard InChI is InChI=1S/C30H40F2O3/c1-3-5-22-10-11-25-19-26(13-12-24(25)18-22)34-17-16-21-6-8-23(9-7-21)20-35-28-15-14-27(33-4-2)29(31)30(28)32/h6-9,14-15,22,24-26H,3-5,10-13,16-20H2,1-2H3. The predicted octanol–water partition coefficient (Wildman–Crippen LogP) is 7.89. The first-order valence-electron chi connectivity index (χ1n) is 13.5. The van der Waals surface area contributed by atoms with Crippen LogP contribution in [0.4, 0.5) is 8.78 Å². The number of hydrogen-bond donors (Lipinski definition) is 0. The lowest BCUT2D eigenvalue weighted by atomic mass is 9.66. The van der Waals surface area contributed by atoms with Crippen molar-refractivity contribution >= 4 is 0 Å². The first-order chi connectivity index (χ1) is 17.1. The minimum Gasteiger partial charge on any atom is -0.491 e. The minimum absolute atomic E-state index is 0.101. The van der Waals surface area contributed by atoms with E-state index < -0.39 is 11.6 Å². The second-order valence-electron chi connectivity index (χ2n) is 10.3. The average molecular weight is 487 g/mol. The summed E-state index contributed by atoms with van der Waals surface area (Å²) in [7, 11) is 0. The van der Waals surface area contributed by atoms with E-state index in [4.69, 9.17) is 14.2 Å². The Labute approximate surface area is 209 Å². The highest BCUT2D eigenvalue weighted by Crippen LogP contribution is 2.44. The molecule has 0 N–H and O–H groups in total. The summed E-state index contributed by atoms with van der Waals surface area (Å²) in [5.41, 5.74) is 2.11. The van der Waals surface area contributed by atoms with Crippen LogP contribution in [0.25, 0.3) is 0 Å². The smallest absolute Gasteiger partial charge is 0.204 e. The topological polar surface area (TPSA) is 27.7 Å². The van der Waals surface area contributed by atoms with E-state index in [2.05, 4.69) is 19.1 Å². The Balaban J connectivity index is 1.18. The molecule has 0 radical (unpaired) electrons. The van der Waals surface area contributed by atoms with E-state index >= 15 is 0 Å². The van der Waals surface area contributed by atoms with Crippen molar-refractivity contribution in [1.29, 1.82) is 0 Å². The van der Waals surface area contributed by atoms with Gasteiger partial charge in [0.1, 0.15) is 6.61 Å². The monoisotopic (exact) mass is 486 g/mol. The van der Waals surface area contributed by atoms with E-state index in [0.29, 0.717) is 6.10 Å². The van der Waals surface area contributed by atoms with Gasteiger partial charge in [0.25, 0.3) is 0 Å². The molecule has 0 saturated heterocycles. The Kier molecular flexibility index (Phi) is 9.42. The maximum atomic E-state index is 14.2. The van der Waals surface area contributed by atoms with E-state index in [1.165, 1.54) is 69.1 Å². The molecule has 0 spiro atoms. The SMILES string of the molecule is CCCC1CCC2CC(OCCc3ccc(COc4ccc(OCC)c(F)c4F)cc3)CCC2C1. The summed E-state index contributed by atoms with van der Waals surface area (Å²) in [6.45, 7) is 5.22. The lowest BCUT2D eigenvalue weighted by Gasteiger charge is -2.42. The van der Waals surface area contributed by atoms with E-state index in [1.54, 1.807) is 6.92 Å². The van der Waals surface area contributed by atoms with Gasteiger partial charge in [0.15, 0.2) is 11.5 Å². The van der Waals surface area contributed by atoms with Gasteiger partial charge in [-0.1, -0.05) is 50.5 Å². The van der Waals surface area contributed by atoms with Crippen LogP contribution in [0.3, 0.4) is 0 Å². The van der Waals surface area contributed by atoms with Crippen LogP contribution < -0.4 is 9.47 Å². The summed E-state index contributed by atoms with van der Waals surface area (Å²) in [5.74, 6) is 0.518. The van der Waals surface area contributed by atoms with Crippen molar-refractivity contribution in [3.05, 3.63) is 59.2 Å². The lowest BCUT2D eigenvalue weighted by molar-refractivity contribution is -0.0185. The van der Waals surface area contributed by atoms with Crippen molar-refractivity contribution in [2.24, 2.45) is 17.8 Å². The first-order valence-corrected chi connectivity index (χ1v) is 13.5. The molecule has 2 aromatic rings. The van der Waals surface area contributed by atoms with Gasteiger partial charge in [-0.25, -0.2) is 0 Å². The molecule has 2 saturated carbocycles. The van der Waals surface area contributed by atoms with Gasteiger partial charge in [-0.05, 0) is 86.5 Å². The second kappa shape index (κ2) is 12.7. The highest BCUT2D eigenvalue weighted by atomic mass is 19.2. The van der Waals surface area contributed by atoms with Crippen molar-refractivity contribution in [3.8, 4) is 11.5 Å². The molecule has 0 aromatic heterocycles. The van der Waals surface area contributed by atoms with Crippen LogP contribution in [-0.4, -0.2) is 19.3 Å². The summed E-state index contributed by atoms with van der Waals surface area (Å²) in [6, 6.07) is 10.9. The number of halogens is 2. The van der Waals surface area contributed by atoms with Crippen LogP contribution in [0.15, 0.2) is 36.4 Å². The molecule has 35 heavy (non-hydrogen) atoms.